The second-order valence-electron chi connectivity index (χ2n) is 6.11. The van der Waals surface area contributed by atoms with Crippen molar-refractivity contribution in [1.29, 1.82) is 0 Å². The molecule has 26 heavy (non-hydrogen) atoms. The molecule has 0 aliphatic heterocycles. The Hall–Kier alpha value is -2.25. The van der Waals surface area contributed by atoms with Crippen molar-refractivity contribution in [3.05, 3.63) is 59.9 Å². The fourth-order valence-corrected chi connectivity index (χ4v) is 3.55. The first-order chi connectivity index (χ1) is 12.4. The fraction of sp³-hybridized carbons (Fsp3) is 0.368. The van der Waals surface area contributed by atoms with Crippen molar-refractivity contribution in [2.45, 2.75) is 31.1 Å². The maximum absolute atomic E-state index is 12.6. The van der Waals surface area contributed by atoms with Crippen LogP contribution in [0.3, 0.4) is 0 Å². The summed E-state index contributed by atoms with van der Waals surface area (Å²) in [5.41, 5.74) is 1.46. The number of likely N-dealkylation sites (N-methyl/N-ethyl adjacent to an activating group) is 1. The zero-order valence-corrected chi connectivity index (χ0v) is 16.0. The van der Waals surface area contributed by atoms with Crippen LogP contribution in [0.5, 0.6) is 0 Å². The highest BCUT2D eigenvalue weighted by molar-refractivity contribution is 7.89. The first-order valence-corrected chi connectivity index (χ1v) is 10.2. The van der Waals surface area contributed by atoms with Gasteiger partial charge < -0.3 is 4.90 Å². The lowest BCUT2D eigenvalue weighted by Crippen LogP contribution is -2.29. The zero-order valence-electron chi connectivity index (χ0n) is 15.2. The van der Waals surface area contributed by atoms with Gasteiger partial charge in [0, 0.05) is 38.1 Å². The molecule has 1 N–H and O–H groups in total. The molecule has 0 atom stereocenters. The van der Waals surface area contributed by atoms with Crippen LogP contribution in [0.1, 0.15) is 35.7 Å². The predicted molar refractivity (Wildman–Crippen MR) is 101 cm³/mol. The summed E-state index contributed by atoms with van der Waals surface area (Å²) >= 11 is 0. The van der Waals surface area contributed by atoms with Crippen LogP contribution >= 0.6 is 0 Å². The van der Waals surface area contributed by atoms with Crippen molar-refractivity contribution in [3.63, 3.8) is 0 Å². The van der Waals surface area contributed by atoms with E-state index in [1.807, 2.05) is 19.1 Å². The van der Waals surface area contributed by atoms with Crippen molar-refractivity contribution in [3.8, 4) is 0 Å². The Bertz CT molecular complexity index is 823. The molecule has 0 saturated heterocycles. The lowest BCUT2D eigenvalue weighted by atomic mass is 10.1. The Labute approximate surface area is 155 Å². The average molecular weight is 375 g/mol. The minimum Gasteiger partial charge on any atom is -0.341 e. The molecule has 0 bridgehead atoms. The molecule has 2 aromatic rings. The summed E-state index contributed by atoms with van der Waals surface area (Å²) in [5, 5.41) is 0. The standard InChI is InChI=1S/C19H25N3O3S/c1-3-4-11-21-26(24,25)18-7-5-6-17(15-18)19(23)22(2)14-10-16-8-12-20-13-9-16/h5-9,12-13,15,21H,3-4,10-11,14H2,1-2H3. The fourth-order valence-electron chi connectivity index (χ4n) is 2.43. The van der Waals surface area contributed by atoms with Gasteiger partial charge in [-0.2, -0.15) is 0 Å². The van der Waals surface area contributed by atoms with Gasteiger partial charge in [0.2, 0.25) is 10.0 Å². The third-order valence-electron chi connectivity index (χ3n) is 4.05. The number of unbranched alkanes of at least 4 members (excludes halogenated alkanes) is 1. The highest BCUT2D eigenvalue weighted by atomic mass is 32.2. The van der Waals surface area contributed by atoms with Crippen LogP contribution in [0, 0.1) is 0 Å². The molecular formula is C19H25N3O3S. The van der Waals surface area contributed by atoms with E-state index in [0.29, 0.717) is 25.1 Å². The van der Waals surface area contributed by atoms with E-state index in [1.165, 1.54) is 12.1 Å². The van der Waals surface area contributed by atoms with Crippen LogP contribution in [0.15, 0.2) is 53.7 Å². The van der Waals surface area contributed by atoms with E-state index in [0.717, 1.165) is 18.4 Å². The molecule has 140 valence electrons. The second-order valence-corrected chi connectivity index (χ2v) is 7.88. The average Bonchev–Trinajstić information content (AvgIpc) is 2.66. The number of carbonyl (C=O) groups is 1. The number of amides is 1. The number of aromatic nitrogens is 1. The molecule has 0 spiro atoms. The third kappa shape index (κ3) is 5.64. The van der Waals surface area contributed by atoms with Crippen molar-refractivity contribution < 1.29 is 13.2 Å². The normalized spacial score (nSPS) is 11.3. The molecule has 1 aromatic carbocycles. The van der Waals surface area contributed by atoms with Crippen LogP contribution in [-0.4, -0.2) is 44.3 Å². The van der Waals surface area contributed by atoms with Gasteiger partial charge in [0.15, 0.2) is 0 Å². The van der Waals surface area contributed by atoms with E-state index in [9.17, 15) is 13.2 Å². The number of carbonyl (C=O) groups excluding carboxylic acids is 1. The van der Waals surface area contributed by atoms with Crippen LogP contribution in [0.25, 0.3) is 0 Å². The van der Waals surface area contributed by atoms with Gasteiger partial charge in [0.25, 0.3) is 5.91 Å². The Morgan fingerprint density at radius 1 is 1.19 bits per heavy atom. The Kier molecular flexibility index (Phi) is 7.29. The van der Waals surface area contributed by atoms with E-state index < -0.39 is 10.0 Å². The topological polar surface area (TPSA) is 79.4 Å². The number of sulfonamides is 1. The SMILES string of the molecule is CCCCNS(=O)(=O)c1cccc(C(=O)N(C)CCc2ccncc2)c1. The van der Waals surface area contributed by atoms with Crippen LogP contribution < -0.4 is 4.72 Å². The lowest BCUT2D eigenvalue weighted by Gasteiger charge is -2.17. The van der Waals surface area contributed by atoms with Gasteiger partial charge in [-0.3, -0.25) is 9.78 Å². The zero-order chi connectivity index (χ0) is 19.0. The summed E-state index contributed by atoms with van der Waals surface area (Å²) in [7, 11) is -1.88. The summed E-state index contributed by atoms with van der Waals surface area (Å²) in [6.07, 6.45) is 5.83. The summed E-state index contributed by atoms with van der Waals surface area (Å²) in [6.45, 7) is 2.92. The molecule has 0 aliphatic carbocycles. The predicted octanol–water partition coefficient (Wildman–Crippen LogP) is 2.47. The van der Waals surface area contributed by atoms with Crippen molar-refractivity contribution in [2.75, 3.05) is 20.1 Å². The molecule has 7 heteroatoms. The van der Waals surface area contributed by atoms with E-state index >= 15 is 0 Å². The molecule has 0 radical (unpaired) electrons. The smallest absolute Gasteiger partial charge is 0.253 e. The van der Waals surface area contributed by atoms with Gasteiger partial charge in [-0.1, -0.05) is 19.4 Å². The highest BCUT2D eigenvalue weighted by Crippen LogP contribution is 2.13. The van der Waals surface area contributed by atoms with E-state index in [1.54, 1.807) is 36.5 Å². The summed E-state index contributed by atoms with van der Waals surface area (Å²) in [5.74, 6) is -0.204. The molecule has 0 unspecified atom stereocenters. The third-order valence-corrected chi connectivity index (χ3v) is 5.50. The van der Waals surface area contributed by atoms with Gasteiger partial charge in [0.05, 0.1) is 4.90 Å². The van der Waals surface area contributed by atoms with Gasteiger partial charge in [-0.15, -0.1) is 0 Å². The van der Waals surface area contributed by atoms with Gasteiger partial charge in [-0.25, -0.2) is 13.1 Å². The van der Waals surface area contributed by atoms with Crippen LogP contribution in [0.4, 0.5) is 0 Å². The number of benzene rings is 1. The van der Waals surface area contributed by atoms with Gasteiger partial charge in [0.1, 0.15) is 0 Å². The van der Waals surface area contributed by atoms with Crippen molar-refractivity contribution in [2.24, 2.45) is 0 Å². The van der Waals surface area contributed by atoms with Crippen LogP contribution in [-0.2, 0) is 16.4 Å². The molecule has 0 saturated carbocycles. The van der Waals surface area contributed by atoms with E-state index in [-0.39, 0.29) is 10.8 Å². The largest absolute Gasteiger partial charge is 0.341 e. The minimum absolute atomic E-state index is 0.113. The van der Waals surface area contributed by atoms with Gasteiger partial charge in [-0.05, 0) is 48.7 Å². The number of pyridine rings is 1. The monoisotopic (exact) mass is 375 g/mol. The lowest BCUT2D eigenvalue weighted by molar-refractivity contribution is 0.0796. The Morgan fingerprint density at radius 2 is 1.92 bits per heavy atom. The number of nitrogens with one attached hydrogen (secondary N) is 1. The van der Waals surface area contributed by atoms with Crippen molar-refractivity contribution in [1.82, 2.24) is 14.6 Å². The second kappa shape index (κ2) is 9.45. The van der Waals surface area contributed by atoms with E-state index in [2.05, 4.69) is 9.71 Å². The molecule has 1 aromatic heterocycles. The van der Waals surface area contributed by atoms with Crippen LogP contribution in [0.2, 0.25) is 0 Å². The minimum atomic E-state index is -3.60. The molecule has 0 fully saturated rings. The van der Waals surface area contributed by atoms with Gasteiger partial charge >= 0.3 is 0 Å². The molecule has 1 heterocycles. The molecule has 6 nitrogen and oxygen atoms in total. The molecule has 1 amide bonds. The highest BCUT2D eigenvalue weighted by Gasteiger charge is 2.17. The number of hydrogen-bond donors (Lipinski definition) is 1. The summed E-state index contributed by atoms with van der Waals surface area (Å²) < 4.78 is 27.2. The summed E-state index contributed by atoms with van der Waals surface area (Å²) in [6, 6.07) is 9.98. The van der Waals surface area contributed by atoms with E-state index in [4.69, 9.17) is 0 Å². The number of nitrogens with zero attached hydrogens (tertiary/aromatic N) is 2. The molecule has 0 aliphatic rings. The Balaban J connectivity index is 2.04. The quantitative estimate of drug-likeness (QED) is 0.683. The van der Waals surface area contributed by atoms with Crippen molar-refractivity contribution >= 4 is 15.9 Å². The first-order valence-electron chi connectivity index (χ1n) is 8.68. The maximum Gasteiger partial charge on any atom is 0.253 e. The Morgan fingerprint density at radius 3 is 2.62 bits per heavy atom. The number of hydrogen-bond acceptors (Lipinski definition) is 4. The number of rotatable bonds is 9. The summed E-state index contributed by atoms with van der Waals surface area (Å²) in [4.78, 5) is 18.3. The maximum atomic E-state index is 12.6. The first kappa shape index (κ1) is 20.1. The molecular weight excluding hydrogens is 350 g/mol. The molecule has 2 rings (SSSR count).